The Morgan fingerprint density at radius 2 is 2.22 bits per heavy atom. The van der Waals surface area contributed by atoms with Gasteiger partial charge in [-0.05, 0) is 30.2 Å². The molecule has 1 atom stereocenters. The lowest BCUT2D eigenvalue weighted by molar-refractivity contribution is -0.119. The number of rotatable bonds is 2. The highest BCUT2D eigenvalue weighted by Gasteiger charge is 2.31. The van der Waals surface area contributed by atoms with Crippen molar-refractivity contribution in [3.63, 3.8) is 0 Å². The third-order valence-corrected chi connectivity index (χ3v) is 4.87. The summed E-state index contributed by atoms with van der Waals surface area (Å²) >= 11 is 5.38. The molecule has 0 aliphatic carbocycles. The summed E-state index contributed by atoms with van der Waals surface area (Å²) in [6, 6.07) is 2.97. The van der Waals surface area contributed by atoms with E-state index in [1.54, 1.807) is 0 Å². The summed E-state index contributed by atoms with van der Waals surface area (Å²) in [4.78, 5) is 11.3. The van der Waals surface area contributed by atoms with Crippen LogP contribution in [0.1, 0.15) is 18.0 Å². The Morgan fingerprint density at radius 3 is 2.89 bits per heavy atom. The Kier molecular flexibility index (Phi) is 3.59. The molecule has 4 nitrogen and oxygen atoms in total. The molecule has 1 unspecified atom stereocenters. The van der Waals surface area contributed by atoms with Gasteiger partial charge in [-0.1, -0.05) is 0 Å². The standard InChI is InChI=1S/C11H11ClFNO3S/c12-6-11(15)14-9-3-4-18(16,17)10-2-1-7(13)5-8(9)10/h1-2,5,9H,3-4,6H2,(H,14,15). The zero-order valence-electron chi connectivity index (χ0n) is 9.32. The number of amides is 1. The van der Waals surface area contributed by atoms with Crippen molar-refractivity contribution in [3.8, 4) is 0 Å². The second-order valence-corrected chi connectivity index (χ2v) is 6.39. The first kappa shape index (κ1) is 13.3. The highest BCUT2D eigenvalue weighted by Crippen LogP contribution is 2.32. The summed E-state index contributed by atoms with van der Waals surface area (Å²) in [6.45, 7) is 0. The summed E-state index contributed by atoms with van der Waals surface area (Å²) in [5.41, 5.74) is 0.291. The van der Waals surface area contributed by atoms with Crippen molar-refractivity contribution >= 4 is 27.3 Å². The highest BCUT2D eigenvalue weighted by atomic mass is 35.5. The lowest BCUT2D eigenvalue weighted by Gasteiger charge is -2.26. The number of sulfone groups is 1. The fourth-order valence-corrected chi connectivity index (χ4v) is 3.67. The fourth-order valence-electron chi connectivity index (χ4n) is 2.00. The van der Waals surface area contributed by atoms with E-state index in [9.17, 15) is 17.6 Å². The molecule has 1 aliphatic heterocycles. The van der Waals surface area contributed by atoms with Gasteiger partial charge >= 0.3 is 0 Å². The third kappa shape index (κ3) is 2.49. The van der Waals surface area contributed by atoms with Gasteiger partial charge in [-0.25, -0.2) is 12.8 Å². The van der Waals surface area contributed by atoms with E-state index in [-0.39, 0.29) is 22.9 Å². The molecule has 98 valence electrons. The minimum absolute atomic E-state index is 0.0706. The molecule has 1 amide bonds. The van der Waals surface area contributed by atoms with Crippen molar-refractivity contribution in [1.82, 2.24) is 5.32 Å². The molecule has 0 radical (unpaired) electrons. The van der Waals surface area contributed by atoms with Crippen molar-refractivity contribution in [1.29, 1.82) is 0 Å². The molecule has 1 N–H and O–H groups in total. The second-order valence-electron chi connectivity index (χ2n) is 4.04. The van der Waals surface area contributed by atoms with Gasteiger partial charge in [0.2, 0.25) is 5.91 Å². The average molecular weight is 292 g/mol. The van der Waals surface area contributed by atoms with Gasteiger partial charge < -0.3 is 5.32 Å². The van der Waals surface area contributed by atoms with Crippen molar-refractivity contribution in [2.24, 2.45) is 0 Å². The van der Waals surface area contributed by atoms with Gasteiger partial charge in [-0.3, -0.25) is 4.79 Å². The van der Waals surface area contributed by atoms with Gasteiger partial charge in [0, 0.05) is 0 Å². The normalized spacial score (nSPS) is 21.1. The van der Waals surface area contributed by atoms with E-state index < -0.39 is 27.6 Å². The van der Waals surface area contributed by atoms with Gasteiger partial charge in [0.25, 0.3) is 0 Å². The molecule has 0 fully saturated rings. The lowest BCUT2D eigenvalue weighted by Crippen LogP contribution is -2.34. The molecule has 1 aromatic rings. The van der Waals surface area contributed by atoms with Crippen LogP contribution in [0.4, 0.5) is 4.39 Å². The summed E-state index contributed by atoms with van der Waals surface area (Å²) in [5.74, 6) is -1.22. The first-order chi connectivity index (χ1) is 8.44. The van der Waals surface area contributed by atoms with Crippen LogP contribution in [0.25, 0.3) is 0 Å². The molecule has 1 aliphatic rings. The number of benzene rings is 1. The number of carbonyl (C=O) groups excluding carboxylic acids is 1. The molecule has 0 spiro atoms. The van der Waals surface area contributed by atoms with E-state index in [1.807, 2.05) is 0 Å². The quantitative estimate of drug-likeness (QED) is 0.662. The molecule has 7 heteroatoms. The maximum atomic E-state index is 13.2. The predicted octanol–water partition coefficient (Wildman–Crippen LogP) is 1.40. The van der Waals surface area contributed by atoms with E-state index in [4.69, 9.17) is 11.6 Å². The molecular formula is C11H11ClFNO3S. The smallest absolute Gasteiger partial charge is 0.235 e. The monoisotopic (exact) mass is 291 g/mol. The second kappa shape index (κ2) is 4.85. The number of hydrogen-bond acceptors (Lipinski definition) is 3. The third-order valence-electron chi connectivity index (χ3n) is 2.81. The van der Waals surface area contributed by atoms with Crippen LogP contribution >= 0.6 is 11.6 Å². The summed E-state index contributed by atoms with van der Waals surface area (Å²) in [7, 11) is -3.39. The summed E-state index contributed by atoms with van der Waals surface area (Å²) in [6.07, 6.45) is 0.224. The van der Waals surface area contributed by atoms with Crippen molar-refractivity contribution in [3.05, 3.63) is 29.6 Å². The van der Waals surface area contributed by atoms with Crippen LogP contribution in [0.2, 0.25) is 0 Å². The zero-order valence-corrected chi connectivity index (χ0v) is 10.9. The number of fused-ring (bicyclic) bond motifs is 1. The minimum Gasteiger partial charge on any atom is -0.348 e. The number of nitrogens with one attached hydrogen (secondary N) is 1. The fraction of sp³-hybridized carbons (Fsp3) is 0.364. The molecule has 1 heterocycles. The molecule has 1 aromatic carbocycles. The SMILES string of the molecule is O=C(CCl)NC1CCS(=O)(=O)c2ccc(F)cc21. The number of hydrogen-bond donors (Lipinski definition) is 1. The van der Waals surface area contributed by atoms with Crippen LogP contribution in [0, 0.1) is 5.82 Å². The Hall–Kier alpha value is -1.14. The van der Waals surface area contributed by atoms with Gasteiger partial charge in [-0.15, -0.1) is 11.6 Å². The van der Waals surface area contributed by atoms with Gasteiger partial charge in [0.05, 0.1) is 16.7 Å². The Morgan fingerprint density at radius 1 is 1.50 bits per heavy atom. The molecule has 0 saturated heterocycles. The topological polar surface area (TPSA) is 63.2 Å². The highest BCUT2D eigenvalue weighted by molar-refractivity contribution is 7.91. The van der Waals surface area contributed by atoms with E-state index in [1.165, 1.54) is 6.07 Å². The molecule has 2 rings (SSSR count). The number of halogens is 2. The molecule has 18 heavy (non-hydrogen) atoms. The molecular weight excluding hydrogens is 281 g/mol. The van der Waals surface area contributed by atoms with E-state index >= 15 is 0 Å². The maximum Gasteiger partial charge on any atom is 0.235 e. The van der Waals surface area contributed by atoms with Gasteiger partial charge in [0.15, 0.2) is 9.84 Å². The first-order valence-corrected chi connectivity index (χ1v) is 7.50. The Labute approximate surface area is 109 Å². The van der Waals surface area contributed by atoms with Crippen LogP contribution in [0.5, 0.6) is 0 Å². The predicted molar refractivity (Wildman–Crippen MR) is 64.7 cm³/mol. The molecule has 0 saturated carbocycles. The van der Waals surface area contributed by atoms with E-state index in [2.05, 4.69) is 5.32 Å². The van der Waals surface area contributed by atoms with Gasteiger partial charge in [-0.2, -0.15) is 0 Å². The average Bonchev–Trinajstić information content (AvgIpc) is 2.32. The maximum absolute atomic E-state index is 13.2. The van der Waals surface area contributed by atoms with Gasteiger partial charge in [0.1, 0.15) is 11.7 Å². The molecule has 0 aromatic heterocycles. The van der Waals surface area contributed by atoms with Crippen molar-refractivity contribution < 1.29 is 17.6 Å². The Balaban J connectivity index is 2.44. The Bertz CT molecular complexity index is 588. The summed E-state index contributed by atoms with van der Waals surface area (Å²) < 4.78 is 36.9. The summed E-state index contributed by atoms with van der Waals surface area (Å²) in [5, 5.41) is 2.59. The van der Waals surface area contributed by atoms with Crippen LogP contribution < -0.4 is 5.32 Å². The minimum atomic E-state index is -3.39. The van der Waals surface area contributed by atoms with E-state index in [0.29, 0.717) is 5.56 Å². The number of alkyl halides is 1. The van der Waals surface area contributed by atoms with Crippen LogP contribution in [-0.2, 0) is 14.6 Å². The number of carbonyl (C=O) groups is 1. The molecule has 0 bridgehead atoms. The zero-order chi connectivity index (χ0) is 13.3. The van der Waals surface area contributed by atoms with Crippen LogP contribution in [0.15, 0.2) is 23.1 Å². The van der Waals surface area contributed by atoms with Crippen LogP contribution in [-0.4, -0.2) is 26.0 Å². The first-order valence-electron chi connectivity index (χ1n) is 5.31. The van der Waals surface area contributed by atoms with Crippen molar-refractivity contribution in [2.75, 3.05) is 11.6 Å². The van der Waals surface area contributed by atoms with Crippen LogP contribution in [0.3, 0.4) is 0 Å². The van der Waals surface area contributed by atoms with Crippen molar-refractivity contribution in [2.45, 2.75) is 17.4 Å². The lowest BCUT2D eigenvalue weighted by atomic mass is 10.0. The van der Waals surface area contributed by atoms with E-state index in [0.717, 1.165) is 12.1 Å². The largest absolute Gasteiger partial charge is 0.348 e.